The molecule has 2 rings (SSSR count). The van der Waals surface area contributed by atoms with Crippen molar-refractivity contribution in [1.82, 2.24) is 0 Å². The monoisotopic (exact) mass is 421 g/mol. The summed E-state index contributed by atoms with van der Waals surface area (Å²) in [5, 5.41) is 1.98. The first-order valence-corrected chi connectivity index (χ1v) is 8.59. The van der Waals surface area contributed by atoms with Gasteiger partial charge in [0.1, 0.15) is 17.7 Å². The maximum Gasteiger partial charge on any atom is 0.148 e. The minimum atomic E-state index is -0.348. The Bertz CT molecular complexity index is 590. The largest absolute Gasteiger partial charge is 0.483 e. The van der Waals surface area contributed by atoms with E-state index in [0.29, 0.717) is 10.2 Å². The molecule has 1 heterocycles. The SMILES string of the molecule is CCC(N)C(Oc1ccc(Br)c(F)c1)c1cc(Br)cs1. The zero-order chi connectivity index (χ0) is 14.7. The van der Waals surface area contributed by atoms with Crippen LogP contribution in [0.25, 0.3) is 0 Å². The van der Waals surface area contributed by atoms with E-state index in [-0.39, 0.29) is 18.0 Å². The van der Waals surface area contributed by atoms with E-state index >= 15 is 0 Å². The first-order chi connectivity index (χ1) is 9.51. The van der Waals surface area contributed by atoms with E-state index in [1.165, 1.54) is 6.07 Å². The molecule has 108 valence electrons. The summed E-state index contributed by atoms with van der Waals surface area (Å²) in [4.78, 5) is 1.02. The Morgan fingerprint density at radius 1 is 1.35 bits per heavy atom. The van der Waals surface area contributed by atoms with Crippen LogP contribution in [0.1, 0.15) is 24.3 Å². The van der Waals surface area contributed by atoms with E-state index < -0.39 is 0 Å². The molecule has 0 spiro atoms. The van der Waals surface area contributed by atoms with Gasteiger partial charge in [0, 0.05) is 26.8 Å². The molecular formula is C14H14Br2FNOS. The lowest BCUT2D eigenvalue weighted by atomic mass is 10.1. The van der Waals surface area contributed by atoms with Crippen molar-refractivity contribution in [2.24, 2.45) is 5.73 Å². The lowest BCUT2D eigenvalue weighted by Crippen LogP contribution is -2.30. The molecule has 0 radical (unpaired) electrons. The van der Waals surface area contributed by atoms with Crippen LogP contribution in [0.2, 0.25) is 0 Å². The quantitative estimate of drug-likeness (QED) is 0.712. The highest BCUT2D eigenvalue weighted by Gasteiger charge is 2.22. The van der Waals surface area contributed by atoms with E-state index in [9.17, 15) is 4.39 Å². The third kappa shape index (κ3) is 3.81. The molecule has 0 aliphatic heterocycles. The third-order valence-corrected chi connectivity index (χ3v) is 5.28. The molecular weight excluding hydrogens is 409 g/mol. The number of thiophene rings is 1. The Hall–Kier alpha value is -0.430. The second-order valence-electron chi connectivity index (χ2n) is 4.35. The zero-order valence-corrected chi connectivity index (χ0v) is 14.8. The molecule has 2 unspecified atom stereocenters. The van der Waals surface area contributed by atoms with Crippen LogP contribution in [-0.4, -0.2) is 6.04 Å². The second kappa shape index (κ2) is 7.02. The van der Waals surface area contributed by atoms with Gasteiger partial charge in [-0.2, -0.15) is 0 Å². The van der Waals surface area contributed by atoms with Crippen molar-refractivity contribution in [2.45, 2.75) is 25.5 Å². The highest BCUT2D eigenvalue weighted by atomic mass is 79.9. The smallest absolute Gasteiger partial charge is 0.148 e. The fourth-order valence-corrected chi connectivity index (χ4v) is 3.54. The van der Waals surface area contributed by atoms with Crippen molar-refractivity contribution < 1.29 is 9.13 Å². The van der Waals surface area contributed by atoms with Gasteiger partial charge >= 0.3 is 0 Å². The molecule has 2 nitrogen and oxygen atoms in total. The van der Waals surface area contributed by atoms with Gasteiger partial charge in [0.25, 0.3) is 0 Å². The van der Waals surface area contributed by atoms with Crippen LogP contribution in [0.15, 0.2) is 38.6 Å². The molecule has 2 N–H and O–H groups in total. The van der Waals surface area contributed by atoms with Crippen LogP contribution >= 0.6 is 43.2 Å². The summed E-state index contributed by atoms with van der Waals surface area (Å²) in [6.07, 6.45) is 0.496. The fraction of sp³-hybridized carbons (Fsp3) is 0.286. The maximum absolute atomic E-state index is 13.6. The Morgan fingerprint density at radius 2 is 2.10 bits per heavy atom. The Balaban J connectivity index is 2.25. The van der Waals surface area contributed by atoms with E-state index in [4.69, 9.17) is 10.5 Å². The summed E-state index contributed by atoms with van der Waals surface area (Å²) >= 11 is 8.13. The standard InChI is InChI=1S/C14H14Br2FNOS/c1-2-12(18)14(13-5-8(15)7-20-13)19-9-3-4-10(16)11(17)6-9/h3-7,12,14H,2,18H2,1H3. The highest BCUT2D eigenvalue weighted by Crippen LogP contribution is 2.32. The number of ether oxygens (including phenoxy) is 1. The van der Waals surface area contributed by atoms with Crippen molar-refractivity contribution in [3.8, 4) is 5.75 Å². The van der Waals surface area contributed by atoms with Gasteiger partial charge in [-0.15, -0.1) is 11.3 Å². The number of halogens is 3. The van der Waals surface area contributed by atoms with E-state index in [1.54, 1.807) is 23.5 Å². The zero-order valence-electron chi connectivity index (χ0n) is 10.8. The molecule has 0 amide bonds. The van der Waals surface area contributed by atoms with Gasteiger partial charge < -0.3 is 10.5 Å². The number of benzene rings is 1. The predicted molar refractivity (Wildman–Crippen MR) is 87.8 cm³/mol. The van der Waals surface area contributed by atoms with Gasteiger partial charge in [-0.3, -0.25) is 0 Å². The van der Waals surface area contributed by atoms with E-state index in [0.717, 1.165) is 15.8 Å². The molecule has 1 aromatic carbocycles. The summed E-state index contributed by atoms with van der Waals surface area (Å²) in [6, 6.07) is 6.56. The molecule has 20 heavy (non-hydrogen) atoms. The summed E-state index contributed by atoms with van der Waals surface area (Å²) in [5.74, 6) is 0.128. The average Bonchev–Trinajstić information content (AvgIpc) is 2.85. The molecule has 0 aliphatic rings. The molecule has 1 aromatic heterocycles. The first-order valence-electron chi connectivity index (χ1n) is 6.12. The number of hydrogen-bond acceptors (Lipinski definition) is 3. The van der Waals surface area contributed by atoms with Gasteiger partial charge in [0.15, 0.2) is 0 Å². The Morgan fingerprint density at radius 3 is 2.65 bits per heavy atom. The second-order valence-corrected chi connectivity index (χ2v) is 7.07. The van der Waals surface area contributed by atoms with Crippen molar-refractivity contribution in [2.75, 3.05) is 0 Å². The van der Waals surface area contributed by atoms with Crippen molar-refractivity contribution in [1.29, 1.82) is 0 Å². The average molecular weight is 423 g/mol. The summed E-state index contributed by atoms with van der Waals surface area (Å²) in [7, 11) is 0. The van der Waals surface area contributed by atoms with Crippen LogP contribution < -0.4 is 10.5 Å². The van der Waals surface area contributed by atoms with Gasteiger partial charge in [-0.1, -0.05) is 6.92 Å². The number of hydrogen-bond donors (Lipinski definition) is 1. The molecule has 6 heteroatoms. The van der Waals surface area contributed by atoms with Gasteiger partial charge in [0.05, 0.1) is 4.47 Å². The molecule has 0 aliphatic carbocycles. The van der Waals surface area contributed by atoms with Crippen LogP contribution in [0.5, 0.6) is 5.75 Å². The van der Waals surface area contributed by atoms with E-state index in [1.807, 2.05) is 18.4 Å². The van der Waals surface area contributed by atoms with Crippen molar-refractivity contribution in [3.63, 3.8) is 0 Å². The Labute approximate surface area is 138 Å². The third-order valence-electron chi connectivity index (χ3n) is 2.88. The lowest BCUT2D eigenvalue weighted by molar-refractivity contribution is 0.174. The molecule has 2 aromatic rings. The molecule has 0 bridgehead atoms. The summed E-state index contributed by atoms with van der Waals surface area (Å²) in [6.45, 7) is 2.01. The van der Waals surface area contributed by atoms with Gasteiger partial charge in [-0.05, 0) is 56.5 Å². The van der Waals surface area contributed by atoms with Crippen molar-refractivity contribution in [3.05, 3.63) is 49.3 Å². The van der Waals surface area contributed by atoms with Crippen molar-refractivity contribution >= 4 is 43.2 Å². The van der Waals surface area contributed by atoms with Crippen LogP contribution in [-0.2, 0) is 0 Å². The summed E-state index contributed by atoms with van der Waals surface area (Å²) in [5.41, 5.74) is 6.14. The van der Waals surface area contributed by atoms with Crippen LogP contribution in [0, 0.1) is 5.82 Å². The van der Waals surface area contributed by atoms with Gasteiger partial charge in [-0.25, -0.2) is 4.39 Å². The summed E-state index contributed by atoms with van der Waals surface area (Å²) < 4.78 is 20.9. The molecule has 0 saturated carbocycles. The minimum Gasteiger partial charge on any atom is -0.483 e. The molecule has 0 saturated heterocycles. The normalized spacial score (nSPS) is 14.1. The fourth-order valence-electron chi connectivity index (χ4n) is 1.74. The van der Waals surface area contributed by atoms with Crippen LogP contribution in [0.3, 0.4) is 0 Å². The predicted octanol–water partition coefficient (Wildman–Crippen LogP) is 5.27. The van der Waals surface area contributed by atoms with E-state index in [2.05, 4.69) is 31.9 Å². The van der Waals surface area contributed by atoms with Gasteiger partial charge in [0.2, 0.25) is 0 Å². The number of nitrogens with two attached hydrogens (primary N) is 1. The molecule has 2 atom stereocenters. The lowest BCUT2D eigenvalue weighted by Gasteiger charge is -2.23. The maximum atomic E-state index is 13.6. The number of rotatable bonds is 5. The Kier molecular flexibility index (Phi) is 5.60. The first kappa shape index (κ1) is 15.9. The topological polar surface area (TPSA) is 35.2 Å². The highest BCUT2D eigenvalue weighted by molar-refractivity contribution is 9.10. The molecule has 0 fully saturated rings. The minimum absolute atomic E-state index is 0.146. The van der Waals surface area contributed by atoms with Crippen LogP contribution in [0.4, 0.5) is 4.39 Å².